The van der Waals surface area contributed by atoms with Gasteiger partial charge < -0.3 is 9.94 Å². The van der Waals surface area contributed by atoms with Crippen molar-refractivity contribution in [2.75, 3.05) is 11.5 Å². The first-order chi connectivity index (χ1) is 5.99. The summed E-state index contributed by atoms with van der Waals surface area (Å²) in [6.07, 6.45) is -0.587. The maximum atomic E-state index is 11.1. The lowest BCUT2D eigenvalue weighted by Gasteiger charge is -2.02. The molecular formula is C6H7NO5S. The van der Waals surface area contributed by atoms with Gasteiger partial charge in [0, 0.05) is 0 Å². The fraction of sp³-hybridized carbons (Fsp3) is 0.667. The van der Waals surface area contributed by atoms with Crippen LogP contribution in [0.5, 0.6) is 0 Å². The van der Waals surface area contributed by atoms with E-state index in [9.17, 15) is 13.2 Å². The third kappa shape index (κ3) is 1.28. The van der Waals surface area contributed by atoms with Crippen LogP contribution in [0, 0.1) is 5.92 Å². The van der Waals surface area contributed by atoms with Gasteiger partial charge in [-0.1, -0.05) is 5.16 Å². The maximum absolute atomic E-state index is 11.1. The van der Waals surface area contributed by atoms with Crippen LogP contribution in [0.1, 0.15) is 0 Å². The lowest BCUT2D eigenvalue weighted by molar-refractivity contribution is -0.129. The molecule has 0 bridgehead atoms. The molecule has 2 heterocycles. The second-order valence-corrected chi connectivity index (χ2v) is 5.26. The first-order valence-electron chi connectivity index (χ1n) is 3.67. The van der Waals surface area contributed by atoms with Gasteiger partial charge in [-0.3, -0.25) is 0 Å². The molecule has 0 aromatic carbocycles. The van der Waals surface area contributed by atoms with Crippen LogP contribution in [-0.4, -0.2) is 42.8 Å². The van der Waals surface area contributed by atoms with Crippen molar-refractivity contribution in [2.45, 2.75) is 6.10 Å². The van der Waals surface area contributed by atoms with E-state index in [-0.39, 0.29) is 17.2 Å². The number of carboxylic acids is 1. The zero-order chi connectivity index (χ0) is 9.64. The number of hydrogen-bond donors (Lipinski definition) is 1. The molecule has 2 aliphatic heterocycles. The first-order valence-corrected chi connectivity index (χ1v) is 5.49. The SMILES string of the molecule is O=C(O)C1=NO[C@H]2CS(=O)(=O)C[C@H]12. The van der Waals surface area contributed by atoms with E-state index in [1.807, 2.05) is 0 Å². The number of nitrogens with zero attached hydrogens (tertiary/aromatic N) is 1. The van der Waals surface area contributed by atoms with Gasteiger partial charge in [-0.25, -0.2) is 13.2 Å². The predicted octanol–water partition coefficient (Wildman–Crippen LogP) is -1.13. The third-order valence-corrected chi connectivity index (χ3v) is 3.86. The maximum Gasteiger partial charge on any atom is 0.354 e. The molecule has 2 atom stereocenters. The second kappa shape index (κ2) is 2.44. The molecule has 6 nitrogen and oxygen atoms in total. The van der Waals surface area contributed by atoms with E-state index >= 15 is 0 Å². The number of aliphatic carboxylic acids is 1. The van der Waals surface area contributed by atoms with Gasteiger partial charge in [-0.2, -0.15) is 0 Å². The molecule has 1 N–H and O–H groups in total. The molecule has 0 aromatic rings. The number of carbonyl (C=O) groups is 1. The molecule has 0 radical (unpaired) electrons. The van der Waals surface area contributed by atoms with Crippen LogP contribution in [0.4, 0.5) is 0 Å². The molecule has 1 saturated heterocycles. The highest BCUT2D eigenvalue weighted by molar-refractivity contribution is 7.91. The Balaban J connectivity index is 2.28. The van der Waals surface area contributed by atoms with E-state index in [0.29, 0.717) is 0 Å². The molecular weight excluding hydrogens is 198 g/mol. The molecule has 2 rings (SSSR count). The minimum Gasteiger partial charge on any atom is -0.477 e. The highest BCUT2D eigenvalue weighted by Crippen LogP contribution is 2.28. The smallest absolute Gasteiger partial charge is 0.354 e. The van der Waals surface area contributed by atoms with E-state index in [1.54, 1.807) is 0 Å². The monoisotopic (exact) mass is 205 g/mol. The third-order valence-electron chi connectivity index (χ3n) is 2.16. The molecule has 0 spiro atoms. The van der Waals surface area contributed by atoms with E-state index in [4.69, 9.17) is 9.94 Å². The number of hydrogen-bond acceptors (Lipinski definition) is 5. The predicted molar refractivity (Wildman–Crippen MR) is 42.1 cm³/mol. The molecule has 13 heavy (non-hydrogen) atoms. The molecule has 72 valence electrons. The van der Waals surface area contributed by atoms with Crippen LogP contribution in [0.2, 0.25) is 0 Å². The van der Waals surface area contributed by atoms with Crippen LogP contribution in [0.15, 0.2) is 5.16 Å². The molecule has 0 saturated carbocycles. The van der Waals surface area contributed by atoms with E-state index in [0.717, 1.165) is 0 Å². The van der Waals surface area contributed by atoms with Crippen molar-refractivity contribution in [3.8, 4) is 0 Å². The van der Waals surface area contributed by atoms with Crippen molar-refractivity contribution in [2.24, 2.45) is 11.1 Å². The molecule has 0 amide bonds. The van der Waals surface area contributed by atoms with Crippen LogP contribution < -0.4 is 0 Å². The summed E-state index contributed by atoms with van der Waals surface area (Å²) in [5.41, 5.74) is -0.175. The van der Waals surface area contributed by atoms with Crippen molar-refractivity contribution in [1.82, 2.24) is 0 Å². The minimum atomic E-state index is -3.14. The summed E-state index contributed by atoms with van der Waals surface area (Å²) in [5, 5.41) is 12.0. The molecule has 1 fully saturated rings. The Morgan fingerprint density at radius 2 is 2.23 bits per heavy atom. The van der Waals surface area contributed by atoms with Gasteiger partial charge in [-0.15, -0.1) is 0 Å². The summed E-state index contributed by atoms with van der Waals surface area (Å²) in [6.45, 7) is 0. The van der Waals surface area contributed by atoms with Gasteiger partial charge in [0.25, 0.3) is 0 Å². The van der Waals surface area contributed by atoms with Gasteiger partial charge >= 0.3 is 5.97 Å². The van der Waals surface area contributed by atoms with Gasteiger partial charge in [0.2, 0.25) is 0 Å². The Morgan fingerprint density at radius 3 is 2.85 bits per heavy atom. The topological polar surface area (TPSA) is 93.0 Å². The van der Waals surface area contributed by atoms with Crippen LogP contribution in [-0.2, 0) is 19.5 Å². The lowest BCUT2D eigenvalue weighted by Crippen LogP contribution is -2.26. The summed E-state index contributed by atoms with van der Waals surface area (Å²) in [6, 6.07) is 0. The fourth-order valence-corrected chi connectivity index (χ4v) is 3.41. The van der Waals surface area contributed by atoms with E-state index in [1.165, 1.54) is 0 Å². The molecule has 0 aromatic heterocycles. The van der Waals surface area contributed by atoms with E-state index in [2.05, 4.69) is 5.16 Å². The number of oxime groups is 1. The van der Waals surface area contributed by atoms with Crippen molar-refractivity contribution >= 4 is 21.5 Å². The Hall–Kier alpha value is -1.11. The summed E-state index contributed by atoms with van der Waals surface area (Å²) in [4.78, 5) is 15.3. The highest BCUT2D eigenvalue weighted by Gasteiger charge is 2.48. The van der Waals surface area contributed by atoms with Crippen LogP contribution >= 0.6 is 0 Å². The zero-order valence-corrected chi connectivity index (χ0v) is 7.32. The highest BCUT2D eigenvalue weighted by atomic mass is 32.2. The van der Waals surface area contributed by atoms with E-state index < -0.39 is 27.8 Å². The number of rotatable bonds is 1. The van der Waals surface area contributed by atoms with Crippen molar-refractivity contribution in [1.29, 1.82) is 0 Å². The van der Waals surface area contributed by atoms with Gasteiger partial charge in [-0.05, 0) is 0 Å². The largest absolute Gasteiger partial charge is 0.477 e. The summed E-state index contributed by atoms with van der Waals surface area (Å²) < 4.78 is 22.2. The zero-order valence-electron chi connectivity index (χ0n) is 6.50. The number of fused-ring (bicyclic) bond motifs is 1. The first kappa shape index (κ1) is 8.49. The average Bonchev–Trinajstić information content (AvgIpc) is 2.41. The quantitative estimate of drug-likeness (QED) is 0.584. The van der Waals surface area contributed by atoms with Crippen LogP contribution in [0.25, 0.3) is 0 Å². The average molecular weight is 205 g/mol. The van der Waals surface area contributed by atoms with Gasteiger partial charge in [0.1, 0.15) is 0 Å². The fourth-order valence-electron chi connectivity index (χ4n) is 1.56. The van der Waals surface area contributed by atoms with Gasteiger partial charge in [0.05, 0.1) is 17.4 Å². The summed E-state index contributed by atoms with van der Waals surface area (Å²) in [5.74, 6) is -2.08. The standard InChI is InChI=1S/C6H7NO5S/c8-6(9)5-3-1-13(10,11)2-4(3)12-7-5/h3-4H,1-2H2,(H,8,9)/t3-,4-/m0/s1. The second-order valence-electron chi connectivity index (χ2n) is 3.11. The lowest BCUT2D eigenvalue weighted by atomic mass is 10.0. The Kier molecular flexibility index (Phi) is 1.59. The van der Waals surface area contributed by atoms with Crippen molar-refractivity contribution < 1.29 is 23.2 Å². The summed E-state index contributed by atoms with van der Waals surface area (Å²) >= 11 is 0. The number of carboxylic acid groups (broad SMARTS) is 1. The number of sulfone groups is 1. The Morgan fingerprint density at radius 1 is 1.54 bits per heavy atom. The molecule has 7 heteroatoms. The van der Waals surface area contributed by atoms with Gasteiger partial charge in [0.15, 0.2) is 21.7 Å². The molecule has 0 unspecified atom stereocenters. The summed E-state index contributed by atoms with van der Waals surface area (Å²) in [7, 11) is -3.14. The minimum absolute atomic E-state index is 0.127. The van der Waals surface area contributed by atoms with Crippen molar-refractivity contribution in [3.63, 3.8) is 0 Å². The van der Waals surface area contributed by atoms with Crippen molar-refractivity contribution in [3.05, 3.63) is 0 Å². The Bertz CT molecular complexity index is 384. The normalized spacial score (nSPS) is 34.9. The Labute approximate surface area is 74.1 Å². The molecule has 2 aliphatic rings. The van der Waals surface area contributed by atoms with Crippen LogP contribution in [0.3, 0.4) is 0 Å². The molecule has 0 aliphatic carbocycles.